The van der Waals surface area contributed by atoms with Gasteiger partial charge in [0.15, 0.2) is 0 Å². The SMILES string of the molecule is CC(CCC#N)CCCN. The topological polar surface area (TPSA) is 49.8 Å². The van der Waals surface area contributed by atoms with Gasteiger partial charge in [-0.25, -0.2) is 0 Å². The van der Waals surface area contributed by atoms with Crippen LogP contribution in [-0.2, 0) is 0 Å². The summed E-state index contributed by atoms with van der Waals surface area (Å²) in [7, 11) is 0. The van der Waals surface area contributed by atoms with Crippen molar-refractivity contribution in [1.82, 2.24) is 0 Å². The average molecular weight is 140 g/mol. The third kappa shape index (κ3) is 5.58. The first-order valence-corrected chi connectivity index (χ1v) is 3.88. The van der Waals surface area contributed by atoms with Crippen LogP contribution in [0.2, 0.25) is 0 Å². The number of hydrogen-bond donors (Lipinski definition) is 1. The Morgan fingerprint density at radius 2 is 2.20 bits per heavy atom. The van der Waals surface area contributed by atoms with Crippen LogP contribution >= 0.6 is 0 Å². The first-order chi connectivity index (χ1) is 4.81. The summed E-state index contributed by atoms with van der Waals surface area (Å²) in [5, 5.41) is 8.27. The van der Waals surface area contributed by atoms with Crippen LogP contribution in [0.25, 0.3) is 0 Å². The van der Waals surface area contributed by atoms with Crippen molar-refractivity contribution < 1.29 is 0 Å². The largest absolute Gasteiger partial charge is 0.330 e. The van der Waals surface area contributed by atoms with Gasteiger partial charge in [0.05, 0.1) is 6.07 Å². The van der Waals surface area contributed by atoms with Gasteiger partial charge in [-0.3, -0.25) is 0 Å². The molecule has 0 saturated heterocycles. The molecule has 0 aliphatic carbocycles. The second-order valence-corrected chi connectivity index (χ2v) is 2.73. The van der Waals surface area contributed by atoms with Gasteiger partial charge in [-0.15, -0.1) is 0 Å². The van der Waals surface area contributed by atoms with Crippen LogP contribution in [0.1, 0.15) is 32.6 Å². The van der Waals surface area contributed by atoms with Crippen LogP contribution in [0.5, 0.6) is 0 Å². The van der Waals surface area contributed by atoms with E-state index in [1.165, 1.54) is 0 Å². The van der Waals surface area contributed by atoms with Gasteiger partial charge in [-0.1, -0.05) is 6.92 Å². The number of nitrogens with two attached hydrogens (primary N) is 1. The van der Waals surface area contributed by atoms with E-state index in [9.17, 15) is 0 Å². The quantitative estimate of drug-likeness (QED) is 0.631. The van der Waals surface area contributed by atoms with Gasteiger partial charge in [0, 0.05) is 6.42 Å². The lowest BCUT2D eigenvalue weighted by atomic mass is 10.0. The molecule has 0 saturated carbocycles. The Hall–Kier alpha value is -0.550. The summed E-state index contributed by atoms with van der Waals surface area (Å²) in [6.07, 6.45) is 3.97. The normalized spacial score (nSPS) is 12.5. The minimum absolute atomic E-state index is 0.670. The Balaban J connectivity index is 3.10. The van der Waals surface area contributed by atoms with Gasteiger partial charge in [0.2, 0.25) is 0 Å². The molecule has 0 fully saturated rings. The molecule has 1 atom stereocenters. The van der Waals surface area contributed by atoms with Gasteiger partial charge in [0.1, 0.15) is 0 Å². The van der Waals surface area contributed by atoms with Crippen molar-refractivity contribution in [3.8, 4) is 6.07 Å². The third-order valence-electron chi connectivity index (χ3n) is 1.65. The van der Waals surface area contributed by atoms with Crippen molar-refractivity contribution in [2.75, 3.05) is 6.54 Å². The monoisotopic (exact) mass is 140 g/mol. The highest BCUT2D eigenvalue weighted by molar-refractivity contribution is 4.70. The number of hydrogen-bond acceptors (Lipinski definition) is 2. The molecular formula is C8H16N2. The lowest BCUT2D eigenvalue weighted by Gasteiger charge is -2.06. The smallest absolute Gasteiger partial charge is 0.0621 e. The fourth-order valence-electron chi connectivity index (χ4n) is 0.922. The number of nitriles is 1. The zero-order valence-electron chi connectivity index (χ0n) is 6.64. The molecule has 0 aromatic carbocycles. The van der Waals surface area contributed by atoms with Crippen LogP contribution in [0.15, 0.2) is 0 Å². The Kier molecular flexibility index (Phi) is 6.21. The summed E-state index contributed by atoms with van der Waals surface area (Å²) in [6, 6.07) is 2.14. The molecule has 1 unspecified atom stereocenters. The highest BCUT2D eigenvalue weighted by atomic mass is 14.5. The van der Waals surface area contributed by atoms with Gasteiger partial charge in [-0.2, -0.15) is 5.26 Å². The van der Waals surface area contributed by atoms with Crippen molar-refractivity contribution in [2.45, 2.75) is 32.6 Å². The summed E-state index contributed by atoms with van der Waals surface area (Å²) < 4.78 is 0. The van der Waals surface area contributed by atoms with Gasteiger partial charge >= 0.3 is 0 Å². The van der Waals surface area contributed by atoms with Crippen molar-refractivity contribution in [3.63, 3.8) is 0 Å². The number of rotatable bonds is 5. The van der Waals surface area contributed by atoms with E-state index in [4.69, 9.17) is 11.0 Å². The van der Waals surface area contributed by atoms with Crippen LogP contribution < -0.4 is 5.73 Å². The molecule has 0 radical (unpaired) electrons. The molecule has 0 spiro atoms. The fourth-order valence-corrected chi connectivity index (χ4v) is 0.922. The first kappa shape index (κ1) is 9.45. The highest BCUT2D eigenvalue weighted by Crippen LogP contribution is 2.10. The van der Waals surface area contributed by atoms with Gasteiger partial charge < -0.3 is 5.73 Å². The molecule has 0 aromatic rings. The molecule has 0 amide bonds. The van der Waals surface area contributed by atoms with E-state index in [1.54, 1.807) is 0 Å². The predicted octanol–water partition coefficient (Wildman–Crippen LogP) is 1.67. The van der Waals surface area contributed by atoms with Gasteiger partial charge in [-0.05, 0) is 31.7 Å². The van der Waals surface area contributed by atoms with Crippen LogP contribution in [0, 0.1) is 17.2 Å². The molecule has 0 aliphatic rings. The Morgan fingerprint density at radius 3 is 2.70 bits per heavy atom. The second kappa shape index (κ2) is 6.57. The minimum Gasteiger partial charge on any atom is -0.330 e. The van der Waals surface area contributed by atoms with Crippen LogP contribution in [0.4, 0.5) is 0 Å². The zero-order chi connectivity index (χ0) is 7.82. The van der Waals surface area contributed by atoms with Crippen LogP contribution in [0.3, 0.4) is 0 Å². The van der Waals surface area contributed by atoms with Crippen molar-refractivity contribution in [1.29, 1.82) is 5.26 Å². The van der Waals surface area contributed by atoms with E-state index in [2.05, 4.69) is 13.0 Å². The maximum Gasteiger partial charge on any atom is 0.0621 e. The zero-order valence-corrected chi connectivity index (χ0v) is 6.64. The molecular weight excluding hydrogens is 124 g/mol. The summed E-state index contributed by atoms with van der Waals surface area (Å²) in [4.78, 5) is 0. The van der Waals surface area contributed by atoms with E-state index >= 15 is 0 Å². The van der Waals surface area contributed by atoms with E-state index in [-0.39, 0.29) is 0 Å². The molecule has 0 heterocycles. The maximum atomic E-state index is 8.27. The van der Waals surface area contributed by atoms with E-state index < -0.39 is 0 Å². The maximum absolute atomic E-state index is 8.27. The minimum atomic E-state index is 0.670. The molecule has 0 aromatic heterocycles. The molecule has 0 rings (SSSR count). The summed E-state index contributed by atoms with van der Waals surface area (Å²) in [5.41, 5.74) is 5.34. The lowest BCUT2D eigenvalue weighted by Crippen LogP contribution is -2.02. The Morgan fingerprint density at radius 1 is 1.50 bits per heavy atom. The molecule has 2 nitrogen and oxygen atoms in total. The highest BCUT2D eigenvalue weighted by Gasteiger charge is 1.99. The predicted molar refractivity (Wildman–Crippen MR) is 42.3 cm³/mol. The van der Waals surface area contributed by atoms with E-state index in [0.29, 0.717) is 12.3 Å². The van der Waals surface area contributed by atoms with Crippen molar-refractivity contribution in [2.24, 2.45) is 11.7 Å². The molecule has 2 heteroatoms. The fraction of sp³-hybridized carbons (Fsp3) is 0.875. The lowest BCUT2D eigenvalue weighted by molar-refractivity contribution is 0.484. The first-order valence-electron chi connectivity index (χ1n) is 3.88. The summed E-state index contributed by atoms with van der Waals surface area (Å²) >= 11 is 0. The average Bonchev–Trinajstić information content (AvgIpc) is 1.97. The van der Waals surface area contributed by atoms with Crippen LogP contribution in [-0.4, -0.2) is 6.54 Å². The van der Waals surface area contributed by atoms with Crippen molar-refractivity contribution >= 4 is 0 Å². The summed E-state index contributed by atoms with van der Waals surface area (Å²) in [5.74, 6) is 0.670. The van der Waals surface area contributed by atoms with E-state index in [0.717, 1.165) is 25.8 Å². The number of nitrogens with zero attached hydrogens (tertiary/aromatic N) is 1. The molecule has 2 N–H and O–H groups in total. The summed E-state index contributed by atoms with van der Waals surface area (Å²) in [6.45, 7) is 2.95. The molecule has 0 bridgehead atoms. The Bertz CT molecular complexity index is 104. The molecule has 10 heavy (non-hydrogen) atoms. The van der Waals surface area contributed by atoms with Gasteiger partial charge in [0.25, 0.3) is 0 Å². The van der Waals surface area contributed by atoms with Crippen molar-refractivity contribution in [3.05, 3.63) is 0 Å². The second-order valence-electron chi connectivity index (χ2n) is 2.73. The van der Waals surface area contributed by atoms with E-state index in [1.807, 2.05) is 0 Å². The third-order valence-corrected chi connectivity index (χ3v) is 1.65. The Labute approximate surface area is 63.0 Å². The standard InChI is InChI=1S/C8H16N2/c1-8(4-2-6-9)5-3-7-10/h8H,2-6,9H2,1H3. The molecule has 58 valence electrons. The molecule has 0 aliphatic heterocycles.